The Hall–Kier alpha value is -0.340. The van der Waals surface area contributed by atoms with Gasteiger partial charge in [-0.15, -0.1) is 6.58 Å². The average molecular weight is 211 g/mol. The van der Waals surface area contributed by atoms with Crippen LogP contribution in [-0.4, -0.2) is 25.8 Å². The van der Waals surface area contributed by atoms with E-state index < -0.39 is 0 Å². The minimum Gasteiger partial charge on any atom is -0.380 e. The fraction of sp³-hybridized carbons (Fsp3) is 0.846. The molecule has 0 heterocycles. The van der Waals surface area contributed by atoms with Crippen LogP contribution in [0.3, 0.4) is 0 Å². The van der Waals surface area contributed by atoms with Gasteiger partial charge in [-0.2, -0.15) is 0 Å². The Labute approximate surface area is 94.1 Å². The van der Waals surface area contributed by atoms with Gasteiger partial charge in [0.25, 0.3) is 0 Å². The van der Waals surface area contributed by atoms with Gasteiger partial charge in [0.15, 0.2) is 0 Å². The van der Waals surface area contributed by atoms with Gasteiger partial charge in [-0.1, -0.05) is 19.9 Å². The van der Waals surface area contributed by atoms with Gasteiger partial charge in [-0.3, -0.25) is 0 Å². The van der Waals surface area contributed by atoms with Crippen LogP contribution in [-0.2, 0) is 4.74 Å². The van der Waals surface area contributed by atoms with Crippen molar-refractivity contribution in [2.24, 2.45) is 11.8 Å². The van der Waals surface area contributed by atoms with Crippen molar-refractivity contribution in [1.82, 2.24) is 5.32 Å². The van der Waals surface area contributed by atoms with Gasteiger partial charge < -0.3 is 10.1 Å². The quantitative estimate of drug-likeness (QED) is 0.492. The second-order valence-electron chi connectivity index (χ2n) is 4.82. The summed E-state index contributed by atoms with van der Waals surface area (Å²) < 4.78 is 5.43. The van der Waals surface area contributed by atoms with Crippen LogP contribution in [0.5, 0.6) is 0 Å². The Morgan fingerprint density at radius 2 is 2.13 bits per heavy atom. The molecule has 1 saturated carbocycles. The van der Waals surface area contributed by atoms with Gasteiger partial charge in [0.1, 0.15) is 0 Å². The molecule has 0 bridgehead atoms. The lowest BCUT2D eigenvalue weighted by molar-refractivity contribution is 0.120. The smallest absolute Gasteiger partial charge is 0.0591 e. The van der Waals surface area contributed by atoms with Crippen molar-refractivity contribution in [3.05, 3.63) is 12.7 Å². The molecule has 0 spiro atoms. The van der Waals surface area contributed by atoms with Crippen molar-refractivity contribution >= 4 is 0 Å². The highest BCUT2D eigenvalue weighted by molar-refractivity contribution is 4.86. The van der Waals surface area contributed by atoms with Crippen molar-refractivity contribution in [3.63, 3.8) is 0 Å². The van der Waals surface area contributed by atoms with E-state index in [0.29, 0.717) is 0 Å². The molecule has 15 heavy (non-hydrogen) atoms. The number of ether oxygens (including phenoxy) is 1. The molecule has 0 saturated heterocycles. The highest BCUT2D eigenvalue weighted by Gasteiger charge is 2.30. The van der Waals surface area contributed by atoms with Crippen molar-refractivity contribution in [3.8, 4) is 0 Å². The molecule has 0 aliphatic heterocycles. The van der Waals surface area contributed by atoms with E-state index in [1.54, 1.807) is 0 Å². The van der Waals surface area contributed by atoms with Gasteiger partial charge in [0.05, 0.1) is 13.2 Å². The fourth-order valence-electron chi connectivity index (χ4n) is 1.98. The number of rotatable bonds is 8. The van der Waals surface area contributed by atoms with E-state index >= 15 is 0 Å². The zero-order valence-electron chi connectivity index (χ0n) is 10.2. The third-order valence-corrected chi connectivity index (χ3v) is 3.26. The molecule has 1 aliphatic rings. The summed E-state index contributed by atoms with van der Waals surface area (Å²) in [6.07, 6.45) is 5.56. The second kappa shape index (κ2) is 7.02. The third kappa shape index (κ3) is 4.80. The maximum atomic E-state index is 5.43. The summed E-state index contributed by atoms with van der Waals surface area (Å²) >= 11 is 0. The van der Waals surface area contributed by atoms with Crippen molar-refractivity contribution < 1.29 is 4.74 Å². The number of hydrogen-bond donors (Lipinski definition) is 1. The first-order valence-corrected chi connectivity index (χ1v) is 6.16. The topological polar surface area (TPSA) is 21.3 Å². The van der Waals surface area contributed by atoms with E-state index in [2.05, 4.69) is 25.7 Å². The summed E-state index contributed by atoms with van der Waals surface area (Å²) in [7, 11) is 0. The Morgan fingerprint density at radius 3 is 2.73 bits per heavy atom. The van der Waals surface area contributed by atoms with E-state index in [9.17, 15) is 0 Å². The molecule has 1 rings (SSSR count). The molecule has 0 aromatic heterocycles. The summed E-state index contributed by atoms with van der Waals surface area (Å²) in [5.74, 6) is 1.80. The number of nitrogens with one attached hydrogen (secondary N) is 1. The predicted octanol–water partition coefficient (Wildman–Crippen LogP) is 2.60. The van der Waals surface area contributed by atoms with Crippen LogP contribution >= 0.6 is 0 Å². The van der Waals surface area contributed by atoms with E-state index in [4.69, 9.17) is 4.74 Å². The van der Waals surface area contributed by atoms with Gasteiger partial charge in [0.2, 0.25) is 0 Å². The first-order chi connectivity index (χ1) is 7.24. The minimum absolute atomic E-state index is 0.750. The lowest BCUT2D eigenvalue weighted by atomic mass is 9.74. The molecule has 88 valence electrons. The second-order valence-corrected chi connectivity index (χ2v) is 4.82. The molecule has 0 atom stereocenters. The molecule has 0 aromatic carbocycles. The lowest BCUT2D eigenvalue weighted by Gasteiger charge is -2.38. The van der Waals surface area contributed by atoms with Gasteiger partial charge in [-0.25, -0.2) is 0 Å². The van der Waals surface area contributed by atoms with Crippen LogP contribution in [0.2, 0.25) is 0 Å². The lowest BCUT2D eigenvalue weighted by Crippen LogP contribution is -2.44. The van der Waals surface area contributed by atoms with E-state index in [0.717, 1.165) is 44.1 Å². The van der Waals surface area contributed by atoms with Crippen molar-refractivity contribution in [2.75, 3.05) is 19.8 Å². The summed E-state index contributed by atoms with van der Waals surface area (Å²) in [6.45, 7) is 10.9. The van der Waals surface area contributed by atoms with Crippen LogP contribution in [0.4, 0.5) is 0 Å². The predicted molar refractivity (Wildman–Crippen MR) is 65.0 cm³/mol. The molecular weight excluding hydrogens is 186 g/mol. The van der Waals surface area contributed by atoms with Crippen LogP contribution in [0.25, 0.3) is 0 Å². The molecule has 2 nitrogen and oxygen atoms in total. The van der Waals surface area contributed by atoms with Crippen LogP contribution in [0.1, 0.15) is 33.1 Å². The molecule has 1 fully saturated rings. The average Bonchev–Trinajstić information content (AvgIpc) is 2.12. The maximum absolute atomic E-state index is 5.43. The van der Waals surface area contributed by atoms with Crippen molar-refractivity contribution in [2.45, 2.75) is 39.2 Å². The highest BCUT2D eigenvalue weighted by Crippen LogP contribution is 2.33. The van der Waals surface area contributed by atoms with Gasteiger partial charge in [-0.05, 0) is 31.1 Å². The van der Waals surface area contributed by atoms with Crippen LogP contribution in [0, 0.1) is 11.8 Å². The molecule has 0 aromatic rings. The molecule has 0 unspecified atom stereocenters. The number of hydrogen-bond acceptors (Lipinski definition) is 2. The van der Waals surface area contributed by atoms with Gasteiger partial charge >= 0.3 is 0 Å². The Bertz CT molecular complexity index is 173. The van der Waals surface area contributed by atoms with E-state index in [-0.39, 0.29) is 0 Å². The largest absolute Gasteiger partial charge is 0.380 e. The Kier molecular flexibility index (Phi) is 5.96. The summed E-state index contributed by atoms with van der Waals surface area (Å²) in [5.41, 5.74) is 0. The fourth-order valence-corrected chi connectivity index (χ4v) is 1.98. The highest BCUT2D eigenvalue weighted by atomic mass is 16.5. The zero-order valence-corrected chi connectivity index (χ0v) is 10.2. The zero-order chi connectivity index (χ0) is 11.1. The summed E-state index contributed by atoms with van der Waals surface area (Å²) in [6, 6.07) is 0.750. The molecule has 1 N–H and O–H groups in total. The first-order valence-electron chi connectivity index (χ1n) is 6.16. The van der Waals surface area contributed by atoms with Crippen LogP contribution in [0.15, 0.2) is 12.7 Å². The molecule has 2 heteroatoms. The van der Waals surface area contributed by atoms with E-state index in [1.807, 2.05) is 6.08 Å². The SMILES string of the molecule is C=CCCOCCNC1CC(C(C)C)C1. The Balaban J connectivity index is 1.84. The molecule has 0 amide bonds. The standard InChI is InChI=1S/C13H25NO/c1-4-5-7-15-8-6-14-13-9-12(10-13)11(2)3/h4,11-14H,1,5-10H2,2-3H3. The summed E-state index contributed by atoms with van der Waals surface area (Å²) in [5, 5.41) is 3.53. The normalized spacial score (nSPS) is 25.3. The maximum Gasteiger partial charge on any atom is 0.0591 e. The monoisotopic (exact) mass is 211 g/mol. The van der Waals surface area contributed by atoms with E-state index in [1.165, 1.54) is 12.8 Å². The van der Waals surface area contributed by atoms with Crippen molar-refractivity contribution in [1.29, 1.82) is 0 Å². The third-order valence-electron chi connectivity index (χ3n) is 3.26. The van der Waals surface area contributed by atoms with Gasteiger partial charge in [0, 0.05) is 12.6 Å². The molecular formula is C13H25NO. The van der Waals surface area contributed by atoms with Crippen LogP contribution < -0.4 is 5.32 Å². The summed E-state index contributed by atoms with van der Waals surface area (Å²) in [4.78, 5) is 0. The molecule has 1 aliphatic carbocycles. The minimum atomic E-state index is 0.750. The molecule has 0 radical (unpaired) electrons. The Morgan fingerprint density at radius 1 is 1.40 bits per heavy atom. The first kappa shape index (κ1) is 12.7.